The van der Waals surface area contributed by atoms with E-state index < -0.39 is 33.3 Å². The van der Waals surface area contributed by atoms with Crippen LogP contribution in [0.5, 0.6) is 0 Å². The van der Waals surface area contributed by atoms with Gasteiger partial charge < -0.3 is 9.84 Å². The maximum Gasteiger partial charge on any atom is 0.338 e. The molecule has 1 rings (SSSR count). The van der Waals surface area contributed by atoms with E-state index >= 15 is 0 Å². The number of nitrogens with one attached hydrogen (secondary N) is 1. The lowest BCUT2D eigenvalue weighted by molar-refractivity contribution is -0.140. The first-order valence-corrected chi connectivity index (χ1v) is 7.50. The Morgan fingerprint density at radius 3 is 2.62 bits per heavy atom. The molecule has 0 atom stereocenters. The van der Waals surface area contributed by atoms with Crippen LogP contribution < -0.4 is 4.72 Å². The Kier molecular flexibility index (Phi) is 5.65. The van der Waals surface area contributed by atoms with E-state index in [2.05, 4.69) is 9.46 Å². The van der Waals surface area contributed by atoms with Gasteiger partial charge in [-0.25, -0.2) is 17.6 Å². The molecule has 0 fully saturated rings. The minimum atomic E-state index is -3.77. The third-order valence-corrected chi connectivity index (χ3v) is 3.86. The van der Waals surface area contributed by atoms with Crippen molar-refractivity contribution >= 4 is 27.6 Å². The first kappa shape index (κ1) is 16.9. The van der Waals surface area contributed by atoms with Gasteiger partial charge in [0.05, 0.1) is 18.4 Å². The van der Waals surface area contributed by atoms with Crippen molar-refractivity contribution in [1.29, 1.82) is 0 Å². The van der Waals surface area contributed by atoms with Gasteiger partial charge in [-0.1, -0.05) is 0 Å². The highest BCUT2D eigenvalue weighted by Gasteiger charge is 2.15. The van der Waals surface area contributed by atoms with Crippen LogP contribution in [0.4, 0.5) is 10.1 Å². The van der Waals surface area contributed by atoms with E-state index in [-0.39, 0.29) is 24.3 Å². The van der Waals surface area contributed by atoms with Crippen molar-refractivity contribution in [2.45, 2.75) is 12.8 Å². The van der Waals surface area contributed by atoms with E-state index in [1.54, 1.807) is 0 Å². The SMILES string of the molecule is COC(=O)CCCS(=O)(=O)Nc1ccc(F)c(C(=O)O)c1. The first-order chi connectivity index (χ1) is 9.75. The Morgan fingerprint density at radius 1 is 1.38 bits per heavy atom. The minimum Gasteiger partial charge on any atom is -0.478 e. The predicted molar refractivity (Wildman–Crippen MR) is 72.0 cm³/mol. The van der Waals surface area contributed by atoms with Crippen LogP contribution in [0.15, 0.2) is 18.2 Å². The third-order valence-electron chi connectivity index (χ3n) is 2.49. The molecule has 0 radical (unpaired) electrons. The number of carboxylic acid groups (broad SMARTS) is 1. The average molecular weight is 319 g/mol. The van der Waals surface area contributed by atoms with Gasteiger partial charge in [-0.2, -0.15) is 0 Å². The van der Waals surface area contributed by atoms with Crippen molar-refractivity contribution < 1.29 is 32.2 Å². The number of esters is 1. The van der Waals surface area contributed by atoms with E-state index in [9.17, 15) is 22.4 Å². The molecule has 9 heteroatoms. The average Bonchev–Trinajstić information content (AvgIpc) is 2.39. The number of halogens is 1. The van der Waals surface area contributed by atoms with E-state index in [1.165, 1.54) is 7.11 Å². The molecular weight excluding hydrogens is 305 g/mol. The number of sulfonamides is 1. The lowest BCUT2D eigenvalue weighted by Gasteiger charge is -2.08. The van der Waals surface area contributed by atoms with Crippen LogP contribution in [0, 0.1) is 5.82 Å². The summed E-state index contributed by atoms with van der Waals surface area (Å²) in [5.41, 5.74) is -0.698. The van der Waals surface area contributed by atoms with Gasteiger partial charge in [-0.3, -0.25) is 9.52 Å². The molecule has 0 aliphatic heterocycles. The Labute approximate surface area is 120 Å². The largest absolute Gasteiger partial charge is 0.478 e. The second kappa shape index (κ2) is 7.02. The van der Waals surface area contributed by atoms with Crippen LogP contribution in [0.2, 0.25) is 0 Å². The molecule has 0 spiro atoms. The Morgan fingerprint density at radius 2 is 2.05 bits per heavy atom. The molecule has 7 nitrogen and oxygen atoms in total. The molecule has 1 aromatic carbocycles. The molecule has 0 bridgehead atoms. The molecule has 0 saturated carbocycles. The second-order valence-electron chi connectivity index (χ2n) is 4.10. The number of rotatable bonds is 7. The van der Waals surface area contributed by atoms with Gasteiger partial charge in [0.25, 0.3) is 0 Å². The standard InChI is InChI=1S/C12H14FNO6S/c1-20-11(15)3-2-6-21(18,19)14-8-4-5-10(13)9(7-8)12(16)17/h4-5,7,14H,2-3,6H2,1H3,(H,16,17). The van der Waals surface area contributed by atoms with Gasteiger partial charge >= 0.3 is 11.9 Å². The fourth-order valence-electron chi connectivity index (χ4n) is 1.49. The first-order valence-electron chi connectivity index (χ1n) is 5.85. The van der Waals surface area contributed by atoms with Crippen molar-refractivity contribution in [2.24, 2.45) is 0 Å². The lowest BCUT2D eigenvalue weighted by Crippen LogP contribution is -2.18. The summed E-state index contributed by atoms with van der Waals surface area (Å²) in [6.07, 6.45) is -0.00378. The van der Waals surface area contributed by atoms with Crippen LogP contribution in [0.1, 0.15) is 23.2 Å². The lowest BCUT2D eigenvalue weighted by atomic mass is 10.2. The summed E-state index contributed by atoms with van der Waals surface area (Å²) < 4.78 is 43.1. The van der Waals surface area contributed by atoms with E-state index in [0.717, 1.165) is 18.2 Å². The van der Waals surface area contributed by atoms with Crippen LogP contribution in [0.3, 0.4) is 0 Å². The summed E-state index contributed by atoms with van der Waals surface area (Å²) in [4.78, 5) is 21.6. The van der Waals surface area contributed by atoms with Crippen LogP contribution in [-0.4, -0.2) is 38.3 Å². The van der Waals surface area contributed by atoms with Gasteiger partial charge in [-0.15, -0.1) is 0 Å². The van der Waals surface area contributed by atoms with Gasteiger partial charge in [-0.05, 0) is 24.6 Å². The smallest absolute Gasteiger partial charge is 0.338 e. The predicted octanol–water partition coefficient (Wildman–Crippen LogP) is 1.22. The van der Waals surface area contributed by atoms with Gasteiger partial charge in [0.15, 0.2) is 0 Å². The fourth-order valence-corrected chi connectivity index (χ4v) is 2.60. The van der Waals surface area contributed by atoms with Crippen molar-refractivity contribution in [1.82, 2.24) is 0 Å². The van der Waals surface area contributed by atoms with Crippen LogP contribution >= 0.6 is 0 Å². The topological polar surface area (TPSA) is 110 Å². The summed E-state index contributed by atoms with van der Waals surface area (Å²) in [7, 11) is -2.57. The zero-order valence-corrected chi connectivity index (χ0v) is 11.9. The summed E-state index contributed by atoms with van der Waals surface area (Å²) in [5, 5.41) is 8.75. The monoisotopic (exact) mass is 319 g/mol. The maximum atomic E-state index is 13.2. The van der Waals surface area contributed by atoms with Gasteiger partial charge in [0.1, 0.15) is 5.82 Å². The molecule has 0 saturated heterocycles. The molecule has 0 aliphatic carbocycles. The van der Waals surface area contributed by atoms with Crippen LogP contribution in [-0.2, 0) is 19.6 Å². The second-order valence-corrected chi connectivity index (χ2v) is 5.94. The number of carbonyl (C=O) groups excluding carboxylic acids is 1. The van der Waals surface area contributed by atoms with Crippen molar-refractivity contribution in [3.8, 4) is 0 Å². The molecule has 0 aromatic heterocycles. The number of carboxylic acids is 1. The van der Waals surface area contributed by atoms with Crippen molar-refractivity contribution in [3.05, 3.63) is 29.6 Å². The number of benzene rings is 1. The third kappa shape index (κ3) is 5.38. The molecule has 21 heavy (non-hydrogen) atoms. The Bertz CT molecular complexity index is 643. The number of carbonyl (C=O) groups is 2. The van der Waals surface area contributed by atoms with E-state index in [0.29, 0.717) is 0 Å². The summed E-state index contributed by atoms with van der Waals surface area (Å²) in [5.74, 6) is -3.34. The fraction of sp³-hybridized carbons (Fsp3) is 0.333. The minimum absolute atomic E-state index is 0.0506. The summed E-state index contributed by atoms with van der Waals surface area (Å²) in [6, 6.07) is 2.85. The zero-order valence-electron chi connectivity index (χ0n) is 11.1. The molecule has 1 aromatic rings. The Balaban J connectivity index is 2.73. The number of anilines is 1. The zero-order chi connectivity index (χ0) is 16.0. The molecule has 0 heterocycles. The quantitative estimate of drug-likeness (QED) is 0.731. The maximum absolute atomic E-state index is 13.2. The van der Waals surface area contributed by atoms with Gasteiger partial charge in [0, 0.05) is 12.1 Å². The molecule has 0 amide bonds. The number of ether oxygens (including phenoxy) is 1. The summed E-state index contributed by atoms with van der Waals surface area (Å²) in [6.45, 7) is 0. The molecular formula is C12H14FNO6S. The van der Waals surface area contributed by atoms with E-state index in [1.807, 2.05) is 0 Å². The van der Waals surface area contributed by atoms with Gasteiger partial charge in [0.2, 0.25) is 10.0 Å². The molecule has 0 unspecified atom stereocenters. The molecule has 2 N–H and O–H groups in total. The number of methoxy groups -OCH3 is 1. The highest BCUT2D eigenvalue weighted by molar-refractivity contribution is 7.92. The summed E-state index contributed by atoms with van der Waals surface area (Å²) >= 11 is 0. The van der Waals surface area contributed by atoms with E-state index in [4.69, 9.17) is 5.11 Å². The van der Waals surface area contributed by atoms with Crippen LogP contribution in [0.25, 0.3) is 0 Å². The number of aromatic carboxylic acids is 1. The molecule has 0 aliphatic rings. The number of hydrogen-bond acceptors (Lipinski definition) is 5. The Hall–Kier alpha value is -2.16. The highest BCUT2D eigenvalue weighted by atomic mass is 32.2. The molecule has 116 valence electrons. The number of hydrogen-bond donors (Lipinski definition) is 2. The highest BCUT2D eigenvalue weighted by Crippen LogP contribution is 2.16. The van der Waals surface area contributed by atoms with Crippen molar-refractivity contribution in [3.63, 3.8) is 0 Å². The normalized spacial score (nSPS) is 11.0. The van der Waals surface area contributed by atoms with Crippen molar-refractivity contribution in [2.75, 3.05) is 17.6 Å².